The van der Waals surface area contributed by atoms with Gasteiger partial charge in [-0.2, -0.15) is 16.8 Å². The average molecular weight is 474 g/mol. The Morgan fingerprint density at radius 2 is 1.09 bits per heavy atom. The zero-order valence-corrected chi connectivity index (χ0v) is 17.5. The number of hydrogen-bond acceptors (Lipinski definition) is 8. The first-order chi connectivity index (χ1) is 15.2. The summed E-state index contributed by atoms with van der Waals surface area (Å²) in [5, 5.41) is 19.6. The third kappa shape index (κ3) is 4.19. The number of aromatic nitrogens is 6. The van der Waals surface area contributed by atoms with E-state index in [1.807, 2.05) is 0 Å². The van der Waals surface area contributed by atoms with Crippen molar-refractivity contribution in [1.82, 2.24) is 30.8 Å². The zero-order valence-electron chi connectivity index (χ0n) is 15.9. The summed E-state index contributed by atoms with van der Waals surface area (Å²) in [7, 11) is -9.40. The minimum Gasteiger partial charge on any atom is -0.282 e. The van der Waals surface area contributed by atoms with Crippen LogP contribution in [0.25, 0.3) is 34.7 Å². The molecule has 2 aromatic heterocycles. The Bertz CT molecular complexity index is 1400. The number of hydrogen-bond donors (Lipinski definition) is 4. The van der Waals surface area contributed by atoms with Gasteiger partial charge in [0.25, 0.3) is 20.2 Å². The molecule has 0 saturated carbocycles. The lowest BCUT2D eigenvalue weighted by Gasteiger charge is -2.10. The number of rotatable bonds is 6. The van der Waals surface area contributed by atoms with Gasteiger partial charge in [0.1, 0.15) is 21.2 Å². The van der Waals surface area contributed by atoms with Gasteiger partial charge in [-0.05, 0) is 11.1 Å². The van der Waals surface area contributed by atoms with Crippen LogP contribution in [0, 0.1) is 0 Å². The predicted octanol–water partition coefficient (Wildman–Crippen LogP) is 1.92. The van der Waals surface area contributed by atoms with E-state index < -0.39 is 30.0 Å². The summed E-state index contributed by atoms with van der Waals surface area (Å²) in [6, 6.07) is 8.78. The lowest BCUT2D eigenvalue weighted by atomic mass is 10.0. The molecule has 0 aliphatic heterocycles. The highest BCUT2D eigenvalue weighted by atomic mass is 32.2. The Hall–Kier alpha value is -3.72. The molecular formula is C18H14N6O6S2. The topological polar surface area (TPSA) is 192 Å². The van der Waals surface area contributed by atoms with E-state index in [0.29, 0.717) is 0 Å². The summed E-state index contributed by atoms with van der Waals surface area (Å²) < 4.78 is 68.2. The lowest BCUT2D eigenvalue weighted by Crippen LogP contribution is -2.05. The first-order valence-electron chi connectivity index (χ1n) is 8.79. The van der Waals surface area contributed by atoms with Crippen molar-refractivity contribution in [3.8, 4) is 22.5 Å². The van der Waals surface area contributed by atoms with Crippen LogP contribution in [0.2, 0.25) is 0 Å². The molecule has 2 aromatic carbocycles. The molecule has 14 heteroatoms. The summed E-state index contributed by atoms with van der Waals surface area (Å²) in [5.41, 5.74) is 0.658. The third-order valence-electron chi connectivity index (χ3n) is 4.43. The van der Waals surface area contributed by atoms with Crippen LogP contribution in [0.5, 0.6) is 0 Å². The fourth-order valence-corrected chi connectivity index (χ4v) is 4.97. The molecule has 4 rings (SSSR count). The molecule has 0 amide bonds. The van der Waals surface area contributed by atoms with Gasteiger partial charge in [0.05, 0.1) is 12.4 Å². The zero-order chi connectivity index (χ0) is 22.9. The van der Waals surface area contributed by atoms with Gasteiger partial charge in [0.2, 0.25) is 0 Å². The van der Waals surface area contributed by atoms with Crippen molar-refractivity contribution in [2.24, 2.45) is 0 Å². The van der Waals surface area contributed by atoms with Gasteiger partial charge in [-0.3, -0.25) is 19.3 Å². The molecule has 4 aromatic rings. The van der Waals surface area contributed by atoms with Crippen LogP contribution in [0.15, 0.2) is 58.6 Å². The Balaban J connectivity index is 1.90. The third-order valence-corrected chi connectivity index (χ3v) is 6.38. The van der Waals surface area contributed by atoms with Crippen LogP contribution < -0.4 is 0 Å². The van der Waals surface area contributed by atoms with E-state index >= 15 is 0 Å². The second-order valence-corrected chi connectivity index (χ2v) is 9.17. The minimum absolute atomic E-state index is 0.0566. The smallest absolute Gasteiger partial charge is 0.282 e. The second kappa shape index (κ2) is 8.08. The lowest BCUT2D eigenvalue weighted by molar-refractivity contribution is 0.481. The van der Waals surface area contributed by atoms with Crippen molar-refractivity contribution in [1.29, 1.82) is 0 Å². The van der Waals surface area contributed by atoms with E-state index in [0.717, 1.165) is 0 Å². The monoisotopic (exact) mass is 474 g/mol. The van der Waals surface area contributed by atoms with Crippen molar-refractivity contribution < 1.29 is 25.9 Å². The summed E-state index contributed by atoms with van der Waals surface area (Å²) in [4.78, 5) is -0.877. The molecule has 0 atom stereocenters. The van der Waals surface area contributed by atoms with Gasteiger partial charge in [-0.25, -0.2) is 0 Å². The van der Waals surface area contributed by atoms with Crippen molar-refractivity contribution in [2.45, 2.75) is 9.79 Å². The van der Waals surface area contributed by atoms with Crippen LogP contribution in [0.4, 0.5) is 0 Å². The maximum absolute atomic E-state index is 12.1. The highest BCUT2D eigenvalue weighted by molar-refractivity contribution is 7.86. The van der Waals surface area contributed by atoms with E-state index in [9.17, 15) is 25.9 Å². The molecule has 32 heavy (non-hydrogen) atoms. The van der Waals surface area contributed by atoms with Gasteiger partial charge < -0.3 is 0 Å². The van der Waals surface area contributed by atoms with Crippen molar-refractivity contribution in [3.63, 3.8) is 0 Å². The molecule has 0 aliphatic carbocycles. The van der Waals surface area contributed by atoms with Crippen LogP contribution in [-0.2, 0) is 20.2 Å². The maximum Gasteiger partial charge on any atom is 0.295 e. The Morgan fingerprint density at radius 3 is 1.41 bits per heavy atom. The first kappa shape index (κ1) is 21.5. The van der Waals surface area contributed by atoms with Crippen LogP contribution >= 0.6 is 0 Å². The SMILES string of the molecule is O=S(=O)(O)c1c(/C=C/c2cccc(-c3c[nH]nn3)c2S(=O)(=O)O)cccc1-c1c[nH]nn1. The number of H-pyrrole nitrogens is 2. The fourth-order valence-electron chi connectivity index (χ4n) is 3.20. The van der Waals surface area contributed by atoms with Crippen molar-refractivity contribution >= 4 is 32.4 Å². The maximum atomic E-state index is 12.1. The summed E-state index contributed by atoms with van der Waals surface area (Å²) in [6.45, 7) is 0. The molecule has 0 radical (unpaired) electrons. The Labute approximate surface area is 181 Å². The van der Waals surface area contributed by atoms with Crippen molar-refractivity contribution in [3.05, 3.63) is 59.9 Å². The highest BCUT2D eigenvalue weighted by Crippen LogP contribution is 2.32. The van der Waals surface area contributed by atoms with E-state index in [4.69, 9.17) is 0 Å². The van der Waals surface area contributed by atoms with Crippen molar-refractivity contribution in [2.75, 3.05) is 0 Å². The van der Waals surface area contributed by atoms with Crippen LogP contribution in [0.3, 0.4) is 0 Å². The van der Waals surface area contributed by atoms with Gasteiger partial charge in [-0.1, -0.05) is 59.0 Å². The van der Waals surface area contributed by atoms with E-state index in [1.54, 1.807) is 0 Å². The second-order valence-electron chi connectivity index (χ2n) is 6.45. The van der Waals surface area contributed by atoms with Gasteiger partial charge in [-0.15, -0.1) is 10.2 Å². The molecule has 12 nitrogen and oxygen atoms in total. The van der Waals surface area contributed by atoms with Gasteiger partial charge in [0.15, 0.2) is 0 Å². The molecule has 0 fully saturated rings. The molecule has 4 N–H and O–H groups in total. The van der Waals surface area contributed by atoms with Crippen LogP contribution in [0.1, 0.15) is 11.1 Å². The summed E-state index contributed by atoms with van der Waals surface area (Å²) in [5.74, 6) is 0. The number of nitrogens with one attached hydrogen (secondary N) is 2. The number of nitrogens with zero attached hydrogens (tertiary/aromatic N) is 4. The van der Waals surface area contributed by atoms with Crippen LogP contribution in [-0.4, -0.2) is 56.8 Å². The van der Waals surface area contributed by atoms with E-state index in [2.05, 4.69) is 30.8 Å². The average Bonchev–Trinajstić information content (AvgIpc) is 3.44. The molecule has 0 aliphatic rings. The predicted molar refractivity (Wildman–Crippen MR) is 112 cm³/mol. The summed E-state index contributed by atoms with van der Waals surface area (Å²) in [6.07, 6.45) is 5.30. The largest absolute Gasteiger partial charge is 0.295 e. The first-order valence-corrected chi connectivity index (χ1v) is 11.7. The Kier molecular flexibility index (Phi) is 5.43. The standard InChI is InChI=1S/C18H14N6O6S2/c25-31(26,27)17-11(3-1-5-13(17)15-9-19-23-21-15)7-8-12-4-2-6-14(16-10-20-24-22-16)18(12)32(28,29)30/h1-10H,(H,19,21,23)(H,20,22,24)(H,25,26,27)(H,28,29,30)/b8-7+. The molecule has 0 unspecified atom stereocenters. The molecule has 0 saturated heterocycles. The molecule has 164 valence electrons. The molecular weight excluding hydrogens is 460 g/mol. The highest BCUT2D eigenvalue weighted by Gasteiger charge is 2.23. The fraction of sp³-hybridized carbons (Fsp3) is 0. The normalized spacial score (nSPS) is 12.4. The van der Waals surface area contributed by atoms with Gasteiger partial charge >= 0.3 is 0 Å². The Morgan fingerprint density at radius 1 is 0.688 bits per heavy atom. The summed E-state index contributed by atoms with van der Waals surface area (Å²) >= 11 is 0. The van der Waals surface area contributed by atoms with Gasteiger partial charge in [0, 0.05) is 11.1 Å². The molecule has 2 heterocycles. The number of benzene rings is 2. The number of aromatic amines is 2. The minimum atomic E-state index is -4.70. The van der Waals surface area contributed by atoms with E-state index in [-0.39, 0.29) is 33.6 Å². The quantitative estimate of drug-likeness (QED) is 0.237. The molecule has 0 bridgehead atoms. The van der Waals surface area contributed by atoms with E-state index in [1.165, 1.54) is 60.9 Å². The molecule has 0 spiro atoms.